The molecule has 0 saturated heterocycles. The Labute approximate surface area is 374 Å². The zero-order valence-corrected chi connectivity index (χ0v) is 39.0. The lowest BCUT2D eigenvalue weighted by molar-refractivity contribution is 0.332. The molecule has 0 unspecified atom stereocenters. The molecule has 63 heavy (non-hydrogen) atoms. The fourth-order valence-electron chi connectivity index (χ4n) is 11.1. The van der Waals surface area contributed by atoms with E-state index in [1.807, 2.05) is 6.07 Å². The first-order chi connectivity index (χ1) is 29.9. The second-order valence-corrected chi connectivity index (χ2v) is 22.2. The van der Waals surface area contributed by atoms with E-state index >= 15 is 0 Å². The van der Waals surface area contributed by atoms with Gasteiger partial charge >= 0.3 is 0 Å². The van der Waals surface area contributed by atoms with Crippen LogP contribution in [0.2, 0.25) is 0 Å². The van der Waals surface area contributed by atoms with Crippen molar-refractivity contribution in [2.24, 2.45) is 0 Å². The number of para-hydroxylation sites is 2. The van der Waals surface area contributed by atoms with Crippen LogP contribution in [0.15, 0.2) is 138 Å². The molecule has 314 valence electrons. The van der Waals surface area contributed by atoms with Crippen molar-refractivity contribution in [3.8, 4) is 11.1 Å². The molecule has 3 heterocycles. The first-order valence-electron chi connectivity index (χ1n) is 23.1. The van der Waals surface area contributed by atoms with Crippen molar-refractivity contribution in [3.63, 3.8) is 0 Å². The molecule has 0 amide bonds. The second-order valence-electron chi connectivity index (χ2n) is 22.2. The number of fused-ring (bicyclic) bond motifs is 8. The molecule has 3 nitrogen and oxygen atoms in total. The molecule has 4 heteroatoms. The Hall–Kier alpha value is -6.00. The van der Waals surface area contributed by atoms with Gasteiger partial charge in [0.2, 0.25) is 0 Å². The Morgan fingerprint density at radius 1 is 0.524 bits per heavy atom. The summed E-state index contributed by atoms with van der Waals surface area (Å²) < 4.78 is 6.51. The third-order valence-electron chi connectivity index (χ3n) is 14.9. The number of rotatable bonds is 3. The number of hydrogen-bond donors (Lipinski definition) is 0. The summed E-state index contributed by atoms with van der Waals surface area (Å²) in [7, 11) is 0. The average molecular weight is 823 g/mol. The molecule has 0 fully saturated rings. The fourth-order valence-corrected chi connectivity index (χ4v) is 11.1. The lowest BCUT2D eigenvalue weighted by atomic mass is 9.33. The molecule has 2 aliphatic heterocycles. The van der Waals surface area contributed by atoms with E-state index in [9.17, 15) is 0 Å². The average Bonchev–Trinajstić information content (AvgIpc) is 3.63. The van der Waals surface area contributed by atoms with Gasteiger partial charge in [-0.05, 0) is 146 Å². The van der Waals surface area contributed by atoms with E-state index in [1.165, 1.54) is 85.5 Å². The summed E-state index contributed by atoms with van der Waals surface area (Å²) in [5, 5.41) is 2.30. The van der Waals surface area contributed by atoms with Crippen LogP contribution in [0.5, 0.6) is 0 Å². The van der Waals surface area contributed by atoms with Crippen LogP contribution in [0.4, 0.5) is 34.1 Å². The van der Waals surface area contributed by atoms with Crippen molar-refractivity contribution in [1.29, 1.82) is 0 Å². The summed E-state index contributed by atoms with van der Waals surface area (Å²) in [5.41, 5.74) is 22.7. The molecule has 0 saturated carbocycles. The molecule has 1 aromatic heterocycles. The summed E-state index contributed by atoms with van der Waals surface area (Å²) in [6.45, 7) is 26.1. The minimum Gasteiger partial charge on any atom is -0.455 e. The van der Waals surface area contributed by atoms with Crippen LogP contribution >= 0.6 is 0 Å². The predicted octanol–water partition coefficient (Wildman–Crippen LogP) is 14.6. The maximum absolute atomic E-state index is 6.51. The van der Waals surface area contributed by atoms with E-state index in [0.29, 0.717) is 0 Å². The molecular weight excluding hydrogens is 763 g/mol. The predicted molar refractivity (Wildman–Crippen MR) is 271 cm³/mol. The lowest BCUT2D eigenvalue weighted by Crippen LogP contribution is -2.61. The van der Waals surface area contributed by atoms with E-state index in [-0.39, 0.29) is 28.4 Å². The first-order valence-corrected chi connectivity index (χ1v) is 23.1. The molecule has 3 aliphatic rings. The van der Waals surface area contributed by atoms with E-state index in [2.05, 4.69) is 213 Å². The number of anilines is 6. The van der Waals surface area contributed by atoms with Gasteiger partial charge in [-0.2, -0.15) is 0 Å². The summed E-state index contributed by atoms with van der Waals surface area (Å²) in [5.74, 6) is 0. The largest absolute Gasteiger partial charge is 0.455 e. The molecule has 7 aromatic carbocycles. The van der Waals surface area contributed by atoms with Crippen LogP contribution in [0, 0.1) is 6.92 Å². The number of hydrogen-bond acceptors (Lipinski definition) is 3. The smallest absolute Gasteiger partial charge is 0.252 e. The zero-order chi connectivity index (χ0) is 44.0. The van der Waals surface area contributed by atoms with E-state index in [1.54, 1.807) is 0 Å². The van der Waals surface area contributed by atoms with Gasteiger partial charge in [-0.1, -0.05) is 148 Å². The van der Waals surface area contributed by atoms with Gasteiger partial charge in [0.25, 0.3) is 6.71 Å². The Morgan fingerprint density at radius 3 is 1.70 bits per heavy atom. The molecule has 0 N–H and O–H groups in total. The normalized spacial score (nSPS) is 16.2. The minimum atomic E-state index is -0.0178. The third-order valence-corrected chi connectivity index (χ3v) is 14.9. The van der Waals surface area contributed by atoms with Crippen molar-refractivity contribution in [3.05, 3.63) is 161 Å². The van der Waals surface area contributed by atoms with Crippen LogP contribution in [-0.2, 0) is 21.7 Å². The minimum absolute atomic E-state index is 0.0110. The standard InChI is InChI=1S/C59H59BN2O/c1-36-31-51-54-52(32-36)62(41-25-26-45-46(35-41)59(10,11)30-29-58(45,8)9)50-28-22-39(57(5,6)7)34-48(50)60(54)47-33-38(56(2,3)4)21-27-49(47)61(51)40-23-19-37(20-24-40)42-16-14-17-44-43-15-12-13-18-53(43)63-55(42)44/h12-28,31-35H,29-30H2,1-11H3. The molecule has 11 rings (SSSR count). The molecule has 0 radical (unpaired) electrons. The molecule has 1 aliphatic carbocycles. The van der Waals surface area contributed by atoms with E-state index in [0.717, 1.165) is 38.8 Å². The summed E-state index contributed by atoms with van der Waals surface area (Å²) in [6, 6.07) is 51.0. The number of nitrogens with zero attached hydrogens (tertiary/aromatic N) is 2. The van der Waals surface area contributed by atoms with Crippen LogP contribution in [0.25, 0.3) is 33.1 Å². The monoisotopic (exact) mass is 822 g/mol. The maximum atomic E-state index is 6.51. The topological polar surface area (TPSA) is 19.6 Å². The highest BCUT2D eigenvalue weighted by atomic mass is 16.3. The van der Waals surface area contributed by atoms with E-state index in [4.69, 9.17) is 4.42 Å². The van der Waals surface area contributed by atoms with Crippen molar-refractivity contribution >= 4 is 79.2 Å². The third kappa shape index (κ3) is 6.15. The van der Waals surface area contributed by atoms with Gasteiger partial charge < -0.3 is 14.2 Å². The molecular formula is C59H59BN2O. The van der Waals surface area contributed by atoms with Gasteiger partial charge in [-0.3, -0.25) is 0 Å². The number of benzene rings is 7. The van der Waals surface area contributed by atoms with Gasteiger partial charge in [0.1, 0.15) is 11.2 Å². The van der Waals surface area contributed by atoms with Crippen LogP contribution in [0.3, 0.4) is 0 Å². The Bertz CT molecular complexity index is 3170. The van der Waals surface area contributed by atoms with Gasteiger partial charge in [-0.25, -0.2) is 0 Å². The number of aryl methyl sites for hydroxylation is 1. The molecule has 0 bridgehead atoms. The van der Waals surface area contributed by atoms with Crippen LogP contribution in [0.1, 0.15) is 110 Å². The SMILES string of the molecule is Cc1cc2c3c(c1)N(c1ccc4c(c1)C(C)(C)CCC4(C)C)c1ccc(C(C)(C)C)cc1B3c1cc(C(C)(C)C)ccc1N2c1ccc(-c2cccc3c2oc2ccccc23)cc1. The first kappa shape index (κ1) is 39.8. The maximum Gasteiger partial charge on any atom is 0.252 e. The van der Waals surface area contributed by atoms with Crippen LogP contribution in [-0.4, -0.2) is 6.71 Å². The summed E-state index contributed by atoms with van der Waals surface area (Å²) >= 11 is 0. The van der Waals surface area contributed by atoms with Crippen molar-refractivity contribution in [2.45, 2.75) is 111 Å². The zero-order valence-electron chi connectivity index (χ0n) is 39.0. The second kappa shape index (κ2) is 13.5. The molecule has 8 aromatic rings. The van der Waals surface area contributed by atoms with Crippen molar-refractivity contribution in [2.75, 3.05) is 9.80 Å². The highest BCUT2D eigenvalue weighted by molar-refractivity contribution is 7.00. The quantitative estimate of drug-likeness (QED) is 0.166. The van der Waals surface area contributed by atoms with Crippen molar-refractivity contribution in [1.82, 2.24) is 0 Å². The van der Waals surface area contributed by atoms with Gasteiger partial charge in [0.05, 0.1) is 0 Å². The van der Waals surface area contributed by atoms with Crippen LogP contribution < -0.4 is 26.2 Å². The summed E-state index contributed by atoms with van der Waals surface area (Å²) in [6.07, 6.45) is 2.38. The number of furan rings is 1. The van der Waals surface area contributed by atoms with Crippen molar-refractivity contribution < 1.29 is 4.42 Å². The van der Waals surface area contributed by atoms with E-state index < -0.39 is 0 Å². The molecule has 0 atom stereocenters. The highest BCUT2D eigenvalue weighted by Crippen LogP contribution is 2.50. The molecule has 0 spiro atoms. The van der Waals surface area contributed by atoms with Gasteiger partial charge in [0.15, 0.2) is 0 Å². The summed E-state index contributed by atoms with van der Waals surface area (Å²) in [4.78, 5) is 5.15. The Morgan fingerprint density at radius 2 is 1.08 bits per heavy atom. The van der Waals surface area contributed by atoms with Gasteiger partial charge in [0, 0.05) is 50.5 Å². The lowest BCUT2D eigenvalue weighted by Gasteiger charge is -2.46. The Balaban J connectivity index is 1.15. The Kier molecular flexibility index (Phi) is 8.54. The highest BCUT2D eigenvalue weighted by Gasteiger charge is 2.45. The van der Waals surface area contributed by atoms with Gasteiger partial charge in [-0.15, -0.1) is 0 Å². The fraction of sp³-hybridized carbons (Fsp3) is 0.288.